The summed E-state index contributed by atoms with van der Waals surface area (Å²) in [6.07, 6.45) is 0. The van der Waals surface area contributed by atoms with Crippen LogP contribution in [0.25, 0.3) is 10.2 Å². The molecule has 0 N–H and O–H groups in total. The summed E-state index contributed by atoms with van der Waals surface area (Å²) in [5.41, 5.74) is 4.13. The average molecular weight is 389 g/mol. The van der Waals surface area contributed by atoms with Crippen LogP contribution in [0, 0.1) is 27.7 Å². The van der Waals surface area contributed by atoms with Crippen molar-refractivity contribution in [3.8, 4) is 0 Å². The van der Waals surface area contributed by atoms with E-state index in [9.17, 15) is 4.79 Å². The first-order valence-electron chi connectivity index (χ1n) is 8.54. The zero-order valence-corrected chi connectivity index (χ0v) is 17.7. The lowest BCUT2D eigenvalue weighted by Crippen LogP contribution is -2.36. The molecule has 7 heteroatoms. The third kappa shape index (κ3) is 3.79. The number of fused-ring (bicyclic) bond motifs is 1. The Labute approximate surface area is 162 Å². The Morgan fingerprint density at radius 1 is 1.04 bits per heavy atom. The Balaban J connectivity index is 2.04. The summed E-state index contributed by atoms with van der Waals surface area (Å²) in [4.78, 5) is 27.1. The van der Waals surface area contributed by atoms with Crippen LogP contribution in [-0.2, 0) is 0 Å². The van der Waals surface area contributed by atoms with E-state index in [2.05, 4.69) is 35.9 Å². The molecule has 2 aromatic heterocycles. The molecule has 0 aliphatic heterocycles. The SMILES string of the molecule is Cc1cc(C)c2nc(N(CCN(C)C)C(=O)c3sc(C)nc3C)sc2c1. The van der Waals surface area contributed by atoms with Gasteiger partial charge in [0.25, 0.3) is 5.91 Å². The van der Waals surface area contributed by atoms with Crippen LogP contribution in [0.3, 0.4) is 0 Å². The number of anilines is 1. The Morgan fingerprint density at radius 2 is 1.77 bits per heavy atom. The largest absolute Gasteiger partial charge is 0.308 e. The molecule has 0 unspecified atom stereocenters. The van der Waals surface area contributed by atoms with Crippen LogP contribution in [0.2, 0.25) is 0 Å². The van der Waals surface area contributed by atoms with Crippen LogP contribution in [0.15, 0.2) is 12.1 Å². The molecule has 3 rings (SSSR count). The number of thiazole rings is 2. The Hall–Kier alpha value is -1.83. The lowest BCUT2D eigenvalue weighted by atomic mass is 10.1. The van der Waals surface area contributed by atoms with Gasteiger partial charge >= 0.3 is 0 Å². The standard InChI is InChI=1S/C19H24N4OS2/c1-11-9-12(2)16-15(10-11)26-19(21-16)23(8-7-22(5)6)18(24)17-13(3)20-14(4)25-17/h9-10H,7-8H2,1-6H3. The fraction of sp³-hybridized carbons (Fsp3) is 0.421. The summed E-state index contributed by atoms with van der Waals surface area (Å²) in [5, 5.41) is 1.67. The van der Waals surface area contributed by atoms with Gasteiger partial charge in [-0.15, -0.1) is 11.3 Å². The number of likely N-dealkylation sites (N-methyl/N-ethyl adjacent to an activating group) is 1. The van der Waals surface area contributed by atoms with E-state index in [1.54, 1.807) is 16.2 Å². The maximum absolute atomic E-state index is 13.3. The van der Waals surface area contributed by atoms with Crippen molar-refractivity contribution in [2.75, 3.05) is 32.1 Å². The third-order valence-corrected chi connectivity index (χ3v) is 6.25. The lowest BCUT2D eigenvalue weighted by Gasteiger charge is -2.21. The molecule has 0 aliphatic carbocycles. The van der Waals surface area contributed by atoms with Gasteiger partial charge in [0, 0.05) is 13.1 Å². The number of carbonyl (C=O) groups excluding carboxylic acids is 1. The summed E-state index contributed by atoms with van der Waals surface area (Å²) in [6.45, 7) is 9.36. The fourth-order valence-electron chi connectivity index (χ4n) is 2.91. The third-order valence-electron chi connectivity index (χ3n) is 4.16. The molecule has 0 saturated carbocycles. The highest BCUT2D eigenvalue weighted by atomic mass is 32.1. The molecule has 0 spiro atoms. The first-order valence-corrected chi connectivity index (χ1v) is 10.2. The first-order chi connectivity index (χ1) is 12.3. The Kier molecular flexibility index (Phi) is 5.41. The average Bonchev–Trinajstić information content (AvgIpc) is 3.10. The van der Waals surface area contributed by atoms with Crippen molar-refractivity contribution in [2.45, 2.75) is 27.7 Å². The van der Waals surface area contributed by atoms with E-state index in [0.717, 1.165) is 38.2 Å². The molecular weight excluding hydrogens is 364 g/mol. The van der Waals surface area contributed by atoms with E-state index in [0.29, 0.717) is 11.4 Å². The van der Waals surface area contributed by atoms with Gasteiger partial charge in [-0.25, -0.2) is 9.97 Å². The summed E-state index contributed by atoms with van der Waals surface area (Å²) >= 11 is 3.03. The van der Waals surface area contributed by atoms with E-state index in [1.807, 2.05) is 27.9 Å². The maximum atomic E-state index is 13.3. The van der Waals surface area contributed by atoms with Gasteiger partial charge in [0.1, 0.15) is 4.88 Å². The number of amides is 1. The van der Waals surface area contributed by atoms with Gasteiger partial charge in [0.2, 0.25) is 0 Å². The van der Waals surface area contributed by atoms with Gasteiger partial charge in [-0.05, 0) is 59.0 Å². The monoisotopic (exact) mass is 388 g/mol. The van der Waals surface area contributed by atoms with Crippen molar-refractivity contribution in [3.63, 3.8) is 0 Å². The molecular formula is C19H24N4OS2. The van der Waals surface area contributed by atoms with Gasteiger partial charge in [-0.3, -0.25) is 9.69 Å². The summed E-state index contributed by atoms with van der Waals surface area (Å²) in [6, 6.07) is 4.27. The van der Waals surface area contributed by atoms with Gasteiger partial charge in [-0.2, -0.15) is 0 Å². The van der Waals surface area contributed by atoms with E-state index in [1.165, 1.54) is 16.9 Å². The number of benzene rings is 1. The second kappa shape index (κ2) is 7.42. The van der Waals surface area contributed by atoms with Gasteiger partial charge in [0.05, 0.1) is 20.9 Å². The molecule has 0 bridgehead atoms. The predicted molar refractivity (Wildman–Crippen MR) is 111 cm³/mol. The molecule has 138 valence electrons. The molecule has 0 atom stereocenters. The molecule has 1 amide bonds. The summed E-state index contributed by atoms with van der Waals surface area (Å²) in [5.74, 6) is -0.0108. The van der Waals surface area contributed by atoms with Crippen LogP contribution in [0.5, 0.6) is 0 Å². The molecule has 5 nitrogen and oxygen atoms in total. The number of hydrogen-bond donors (Lipinski definition) is 0. The van der Waals surface area contributed by atoms with Crippen molar-refractivity contribution >= 4 is 43.9 Å². The minimum Gasteiger partial charge on any atom is -0.308 e. The lowest BCUT2D eigenvalue weighted by molar-refractivity contribution is 0.0988. The first kappa shape index (κ1) is 18.9. The Bertz CT molecular complexity index is 958. The predicted octanol–water partition coefficient (Wildman–Crippen LogP) is 4.19. The maximum Gasteiger partial charge on any atom is 0.272 e. The number of aryl methyl sites for hydroxylation is 4. The zero-order valence-electron chi connectivity index (χ0n) is 16.1. The van der Waals surface area contributed by atoms with Crippen LogP contribution in [-0.4, -0.2) is 48.0 Å². The van der Waals surface area contributed by atoms with Crippen LogP contribution in [0.4, 0.5) is 5.13 Å². The number of carbonyl (C=O) groups is 1. The number of nitrogens with zero attached hydrogens (tertiary/aromatic N) is 4. The highest BCUT2D eigenvalue weighted by Crippen LogP contribution is 2.33. The van der Waals surface area contributed by atoms with Crippen LogP contribution >= 0.6 is 22.7 Å². The number of rotatable bonds is 5. The highest BCUT2D eigenvalue weighted by Gasteiger charge is 2.25. The van der Waals surface area contributed by atoms with E-state index in [4.69, 9.17) is 4.98 Å². The second-order valence-electron chi connectivity index (χ2n) is 6.83. The fourth-order valence-corrected chi connectivity index (χ4v) is 4.95. The Morgan fingerprint density at radius 3 is 2.38 bits per heavy atom. The minimum absolute atomic E-state index is 0.0108. The van der Waals surface area contributed by atoms with Crippen molar-refractivity contribution in [1.82, 2.24) is 14.9 Å². The number of hydrogen-bond acceptors (Lipinski definition) is 6. The molecule has 0 aliphatic rings. The topological polar surface area (TPSA) is 49.3 Å². The molecule has 0 radical (unpaired) electrons. The highest BCUT2D eigenvalue weighted by molar-refractivity contribution is 7.22. The van der Waals surface area contributed by atoms with Crippen LogP contribution in [0.1, 0.15) is 31.5 Å². The molecule has 3 aromatic rings. The second-order valence-corrected chi connectivity index (χ2v) is 9.04. The van der Waals surface area contributed by atoms with Gasteiger partial charge < -0.3 is 4.90 Å². The molecule has 26 heavy (non-hydrogen) atoms. The molecule has 1 aromatic carbocycles. The molecule has 2 heterocycles. The van der Waals surface area contributed by atoms with Crippen molar-refractivity contribution in [3.05, 3.63) is 38.8 Å². The van der Waals surface area contributed by atoms with Crippen molar-refractivity contribution in [1.29, 1.82) is 0 Å². The van der Waals surface area contributed by atoms with Gasteiger partial charge in [0.15, 0.2) is 5.13 Å². The van der Waals surface area contributed by atoms with Gasteiger partial charge in [-0.1, -0.05) is 17.4 Å². The molecule has 0 fully saturated rings. The summed E-state index contributed by atoms with van der Waals surface area (Å²) in [7, 11) is 4.02. The van der Waals surface area contributed by atoms with Crippen molar-refractivity contribution in [2.24, 2.45) is 0 Å². The normalized spacial score (nSPS) is 11.5. The quantitative estimate of drug-likeness (QED) is 0.657. The number of aromatic nitrogens is 2. The van der Waals surface area contributed by atoms with E-state index >= 15 is 0 Å². The van der Waals surface area contributed by atoms with E-state index < -0.39 is 0 Å². The smallest absolute Gasteiger partial charge is 0.272 e. The van der Waals surface area contributed by atoms with Crippen LogP contribution < -0.4 is 4.90 Å². The van der Waals surface area contributed by atoms with Crippen molar-refractivity contribution < 1.29 is 4.79 Å². The zero-order chi connectivity index (χ0) is 19.0. The minimum atomic E-state index is -0.0108. The summed E-state index contributed by atoms with van der Waals surface area (Å²) < 4.78 is 1.12. The van der Waals surface area contributed by atoms with E-state index in [-0.39, 0.29) is 5.91 Å². The molecule has 0 saturated heterocycles.